The summed E-state index contributed by atoms with van der Waals surface area (Å²) in [5.41, 5.74) is 2.55. The van der Waals surface area contributed by atoms with Gasteiger partial charge in [0.15, 0.2) is 0 Å². The van der Waals surface area contributed by atoms with Gasteiger partial charge in [-0.3, -0.25) is 4.79 Å². The van der Waals surface area contributed by atoms with Gasteiger partial charge < -0.3 is 14.8 Å². The first kappa shape index (κ1) is 19.7. The van der Waals surface area contributed by atoms with Gasteiger partial charge in [0.2, 0.25) is 0 Å². The molecule has 2 heterocycles. The standard InChI is InChI=1S/C23H26N4OS/c28-23(20-5-3-4-19(16-20)17-27-13-10-24-18-27)25-21-6-8-22(9-7-21)29-15-14-26-11-1-2-12-26/h3-10,13,16,18H,1-2,11-12,14-15,17H2,(H,25,28). The molecule has 0 radical (unpaired) electrons. The van der Waals surface area contributed by atoms with Gasteiger partial charge in [0.1, 0.15) is 0 Å². The normalized spacial score (nSPS) is 14.2. The summed E-state index contributed by atoms with van der Waals surface area (Å²) in [5, 5.41) is 3.00. The molecule has 4 rings (SSSR count). The molecule has 6 heteroatoms. The van der Waals surface area contributed by atoms with Crippen molar-refractivity contribution in [1.82, 2.24) is 14.5 Å². The van der Waals surface area contributed by atoms with Crippen LogP contribution in [0.25, 0.3) is 0 Å². The molecule has 1 N–H and O–H groups in total. The van der Waals surface area contributed by atoms with Gasteiger partial charge in [-0.25, -0.2) is 4.98 Å². The van der Waals surface area contributed by atoms with Crippen LogP contribution in [-0.4, -0.2) is 45.7 Å². The lowest BCUT2D eigenvalue weighted by molar-refractivity contribution is 0.102. The van der Waals surface area contributed by atoms with Gasteiger partial charge in [0, 0.05) is 47.4 Å². The van der Waals surface area contributed by atoms with Crippen molar-refractivity contribution in [2.75, 3.05) is 30.7 Å². The SMILES string of the molecule is O=C(Nc1ccc(SCCN2CCCC2)cc1)c1cccc(Cn2ccnc2)c1. The Bertz CT molecular complexity index is 918. The molecule has 0 unspecified atom stereocenters. The zero-order valence-electron chi connectivity index (χ0n) is 16.5. The van der Waals surface area contributed by atoms with Crippen LogP contribution in [-0.2, 0) is 6.54 Å². The van der Waals surface area contributed by atoms with Crippen LogP contribution in [0.2, 0.25) is 0 Å². The highest BCUT2D eigenvalue weighted by atomic mass is 32.2. The lowest BCUT2D eigenvalue weighted by Crippen LogP contribution is -2.21. The van der Waals surface area contributed by atoms with E-state index in [0.717, 1.165) is 23.5 Å². The summed E-state index contributed by atoms with van der Waals surface area (Å²) in [4.78, 5) is 20.5. The van der Waals surface area contributed by atoms with E-state index in [1.807, 2.05) is 58.9 Å². The molecule has 0 aliphatic carbocycles. The Morgan fingerprint density at radius 3 is 2.69 bits per heavy atom. The Morgan fingerprint density at radius 2 is 1.93 bits per heavy atom. The van der Waals surface area contributed by atoms with E-state index in [0.29, 0.717) is 12.1 Å². The van der Waals surface area contributed by atoms with Crippen LogP contribution in [0.15, 0.2) is 72.1 Å². The number of benzene rings is 2. The van der Waals surface area contributed by atoms with Crippen LogP contribution in [0.5, 0.6) is 0 Å². The zero-order chi connectivity index (χ0) is 19.9. The third kappa shape index (κ3) is 5.71. The van der Waals surface area contributed by atoms with E-state index in [4.69, 9.17) is 0 Å². The van der Waals surface area contributed by atoms with Crippen molar-refractivity contribution in [2.24, 2.45) is 0 Å². The fourth-order valence-corrected chi connectivity index (χ4v) is 4.45. The quantitative estimate of drug-likeness (QED) is 0.564. The van der Waals surface area contributed by atoms with Gasteiger partial charge in [-0.15, -0.1) is 11.8 Å². The molecule has 1 amide bonds. The maximum atomic E-state index is 12.6. The predicted octanol–water partition coefficient (Wildman–Crippen LogP) is 4.37. The molecular formula is C23H26N4OS. The minimum Gasteiger partial charge on any atom is -0.333 e. The van der Waals surface area contributed by atoms with Crippen molar-refractivity contribution in [3.63, 3.8) is 0 Å². The number of thioether (sulfide) groups is 1. The highest BCUT2D eigenvalue weighted by Crippen LogP contribution is 2.21. The minimum absolute atomic E-state index is 0.0908. The average molecular weight is 407 g/mol. The molecule has 1 saturated heterocycles. The summed E-state index contributed by atoms with van der Waals surface area (Å²) in [6.07, 6.45) is 8.12. The molecule has 0 spiro atoms. The van der Waals surface area contributed by atoms with E-state index in [1.54, 1.807) is 12.5 Å². The Hall–Kier alpha value is -2.57. The summed E-state index contributed by atoms with van der Waals surface area (Å²) in [6, 6.07) is 15.8. The number of rotatable bonds is 8. The average Bonchev–Trinajstić information content (AvgIpc) is 3.44. The van der Waals surface area contributed by atoms with Crippen molar-refractivity contribution in [3.05, 3.63) is 78.4 Å². The van der Waals surface area contributed by atoms with Gasteiger partial charge in [-0.1, -0.05) is 12.1 Å². The van der Waals surface area contributed by atoms with Gasteiger partial charge in [-0.2, -0.15) is 0 Å². The first-order valence-electron chi connectivity index (χ1n) is 10.1. The van der Waals surface area contributed by atoms with Crippen LogP contribution in [0, 0.1) is 0 Å². The van der Waals surface area contributed by atoms with Crippen molar-refractivity contribution in [2.45, 2.75) is 24.3 Å². The van der Waals surface area contributed by atoms with Crippen LogP contribution in [0.1, 0.15) is 28.8 Å². The van der Waals surface area contributed by atoms with Crippen molar-refractivity contribution >= 4 is 23.4 Å². The Morgan fingerprint density at radius 1 is 1.10 bits per heavy atom. The largest absolute Gasteiger partial charge is 0.333 e. The molecule has 0 bridgehead atoms. The Kier molecular flexibility index (Phi) is 6.64. The monoisotopic (exact) mass is 406 g/mol. The molecule has 1 aromatic heterocycles. The molecule has 2 aromatic carbocycles. The lowest BCUT2D eigenvalue weighted by Gasteiger charge is -2.13. The summed E-state index contributed by atoms with van der Waals surface area (Å²) < 4.78 is 1.98. The molecule has 0 atom stereocenters. The molecule has 3 aromatic rings. The highest BCUT2D eigenvalue weighted by Gasteiger charge is 2.11. The number of hydrogen-bond donors (Lipinski definition) is 1. The maximum Gasteiger partial charge on any atom is 0.255 e. The fourth-order valence-electron chi connectivity index (χ4n) is 3.54. The molecule has 1 aliphatic rings. The second-order valence-corrected chi connectivity index (χ2v) is 8.48. The minimum atomic E-state index is -0.0908. The van der Waals surface area contributed by atoms with E-state index < -0.39 is 0 Å². The summed E-state index contributed by atoms with van der Waals surface area (Å²) in [7, 11) is 0. The number of aromatic nitrogens is 2. The van der Waals surface area contributed by atoms with E-state index in [2.05, 4.69) is 27.3 Å². The smallest absolute Gasteiger partial charge is 0.255 e. The summed E-state index contributed by atoms with van der Waals surface area (Å²) >= 11 is 1.87. The molecule has 150 valence electrons. The third-order valence-corrected chi connectivity index (χ3v) is 6.09. The number of nitrogens with zero attached hydrogens (tertiary/aromatic N) is 3. The van der Waals surface area contributed by atoms with Gasteiger partial charge in [-0.05, 0) is 67.9 Å². The third-order valence-electron chi connectivity index (χ3n) is 5.10. The van der Waals surface area contributed by atoms with Crippen molar-refractivity contribution in [1.29, 1.82) is 0 Å². The molecule has 29 heavy (non-hydrogen) atoms. The van der Waals surface area contributed by atoms with Crippen LogP contribution in [0.3, 0.4) is 0 Å². The van der Waals surface area contributed by atoms with E-state index in [1.165, 1.54) is 30.8 Å². The van der Waals surface area contributed by atoms with Gasteiger partial charge in [0.05, 0.1) is 6.33 Å². The second kappa shape index (κ2) is 9.76. The number of carbonyl (C=O) groups is 1. The predicted molar refractivity (Wildman–Crippen MR) is 119 cm³/mol. The number of likely N-dealkylation sites (tertiary alicyclic amines) is 1. The first-order chi connectivity index (χ1) is 14.3. The Labute approximate surface area is 176 Å². The lowest BCUT2D eigenvalue weighted by atomic mass is 10.1. The van der Waals surface area contributed by atoms with Gasteiger partial charge >= 0.3 is 0 Å². The topological polar surface area (TPSA) is 50.2 Å². The summed E-state index contributed by atoms with van der Waals surface area (Å²) in [5.74, 6) is 1.02. The molecular weight excluding hydrogens is 380 g/mol. The second-order valence-electron chi connectivity index (χ2n) is 7.31. The zero-order valence-corrected chi connectivity index (χ0v) is 17.3. The van der Waals surface area contributed by atoms with E-state index in [-0.39, 0.29) is 5.91 Å². The van der Waals surface area contributed by atoms with E-state index in [9.17, 15) is 4.79 Å². The number of carbonyl (C=O) groups excluding carboxylic acids is 1. The number of anilines is 1. The molecule has 5 nitrogen and oxygen atoms in total. The molecule has 1 aliphatic heterocycles. The Balaban J connectivity index is 1.30. The van der Waals surface area contributed by atoms with Crippen molar-refractivity contribution < 1.29 is 4.79 Å². The van der Waals surface area contributed by atoms with Crippen LogP contribution < -0.4 is 5.32 Å². The van der Waals surface area contributed by atoms with Crippen molar-refractivity contribution in [3.8, 4) is 0 Å². The van der Waals surface area contributed by atoms with E-state index >= 15 is 0 Å². The van der Waals surface area contributed by atoms with Crippen LogP contribution in [0.4, 0.5) is 5.69 Å². The molecule has 1 fully saturated rings. The first-order valence-corrected chi connectivity index (χ1v) is 11.1. The number of amides is 1. The highest BCUT2D eigenvalue weighted by molar-refractivity contribution is 7.99. The maximum absolute atomic E-state index is 12.6. The number of nitrogens with one attached hydrogen (secondary N) is 1. The molecule has 0 saturated carbocycles. The summed E-state index contributed by atoms with van der Waals surface area (Å²) in [6.45, 7) is 4.34. The number of hydrogen-bond acceptors (Lipinski definition) is 4. The van der Waals surface area contributed by atoms with Gasteiger partial charge in [0.25, 0.3) is 5.91 Å². The van der Waals surface area contributed by atoms with Crippen LogP contribution >= 0.6 is 11.8 Å². The fraction of sp³-hybridized carbons (Fsp3) is 0.304. The number of imidazole rings is 1.